The lowest BCUT2D eigenvalue weighted by Gasteiger charge is -2.17. The molecule has 0 saturated carbocycles. The third-order valence-corrected chi connectivity index (χ3v) is 1.88. The monoisotopic (exact) mass is 265 g/mol. The van der Waals surface area contributed by atoms with Gasteiger partial charge in [-0.2, -0.15) is 4.79 Å². The predicted molar refractivity (Wildman–Crippen MR) is 63.0 cm³/mol. The van der Waals surface area contributed by atoms with Crippen molar-refractivity contribution in [1.29, 1.82) is 0 Å². The first-order valence-corrected chi connectivity index (χ1v) is 5.37. The third kappa shape index (κ3) is 3.79. The summed E-state index contributed by atoms with van der Waals surface area (Å²) in [5, 5.41) is 0. The molecule has 0 bridgehead atoms. The van der Waals surface area contributed by atoms with E-state index in [2.05, 4.69) is 9.77 Å². The smallest absolute Gasteiger partial charge is 0.448 e. The molecule has 0 aromatic carbocycles. The lowest BCUT2D eigenvalue weighted by molar-refractivity contribution is -0.150. The van der Waals surface area contributed by atoms with Crippen LogP contribution >= 0.6 is 0 Å². The quantitative estimate of drug-likeness (QED) is 0.206. The Morgan fingerprint density at radius 2 is 2.05 bits per heavy atom. The van der Waals surface area contributed by atoms with Crippen molar-refractivity contribution in [3.05, 3.63) is 35.4 Å². The average Bonchev–Trinajstić information content (AvgIpc) is 2.27. The van der Waals surface area contributed by atoms with Crippen molar-refractivity contribution in [3.63, 3.8) is 0 Å². The molecule has 0 spiro atoms. The molecule has 0 amide bonds. The van der Waals surface area contributed by atoms with E-state index in [1.807, 2.05) is 0 Å². The molecular formula is C12H12FN3O3. The van der Waals surface area contributed by atoms with Gasteiger partial charge in [-0.1, -0.05) is 0 Å². The van der Waals surface area contributed by atoms with Crippen molar-refractivity contribution < 1.29 is 23.5 Å². The van der Waals surface area contributed by atoms with Gasteiger partial charge in [-0.15, -0.1) is 0 Å². The Morgan fingerprint density at radius 1 is 1.42 bits per heavy atom. The van der Waals surface area contributed by atoms with Crippen molar-refractivity contribution >= 4 is 17.5 Å². The van der Waals surface area contributed by atoms with Gasteiger partial charge in [0.15, 0.2) is 11.5 Å². The number of esters is 1. The molecule has 1 rings (SSSR count). The Bertz CT molecular complexity index is 572. The van der Waals surface area contributed by atoms with E-state index in [-0.39, 0.29) is 0 Å². The Kier molecular flexibility index (Phi) is 4.24. The number of ether oxygens (including phenoxy) is 1. The maximum absolute atomic E-state index is 13.4. The fourth-order valence-corrected chi connectivity index (χ4v) is 1.17. The van der Waals surface area contributed by atoms with Crippen LogP contribution in [0.1, 0.15) is 31.3 Å². The Balaban J connectivity index is 3.07. The normalized spacial score (nSPS) is 10.5. The van der Waals surface area contributed by atoms with Crippen LogP contribution < -0.4 is 0 Å². The number of carbonyl (C=O) groups excluding carboxylic acids is 2. The summed E-state index contributed by atoms with van der Waals surface area (Å²) in [4.78, 5) is 29.5. The van der Waals surface area contributed by atoms with Gasteiger partial charge >= 0.3 is 17.5 Å². The molecule has 1 aromatic rings. The number of hydrogen-bond donors (Lipinski definition) is 0. The molecule has 0 fully saturated rings. The fraction of sp³-hybridized carbons (Fsp3) is 0.333. The average molecular weight is 265 g/mol. The van der Waals surface area contributed by atoms with E-state index in [0.29, 0.717) is 0 Å². The second-order valence-electron chi connectivity index (χ2n) is 4.61. The third-order valence-electron chi connectivity index (χ3n) is 1.88. The van der Waals surface area contributed by atoms with Crippen molar-refractivity contribution in [3.8, 4) is 0 Å². The van der Waals surface area contributed by atoms with Gasteiger partial charge in [0.05, 0.1) is 0 Å². The molecule has 1 heterocycles. The van der Waals surface area contributed by atoms with Crippen molar-refractivity contribution in [2.45, 2.75) is 26.4 Å². The molecule has 7 heteroatoms. The molecule has 0 aliphatic heterocycles. The van der Waals surface area contributed by atoms with Crippen LogP contribution in [0, 0.1) is 5.82 Å². The lowest BCUT2D eigenvalue weighted by Crippen LogP contribution is -2.34. The zero-order valence-electron chi connectivity index (χ0n) is 10.7. The molecule has 0 radical (unpaired) electrons. The maximum Gasteiger partial charge on any atom is 0.448 e. The van der Waals surface area contributed by atoms with Gasteiger partial charge in [0.1, 0.15) is 5.60 Å². The van der Waals surface area contributed by atoms with E-state index in [0.717, 1.165) is 6.07 Å². The second-order valence-corrected chi connectivity index (χ2v) is 4.61. The summed E-state index contributed by atoms with van der Waals surface area (Å²) in [6.07, 6.45) is 1.18. The van der Waals surface area contributed by atoms with Crippen molar-refractivity contribution in [2.24, 2.45) is 0 Å². The predicted octanol–water partition coefficient (Wildman–Crippen LogP) is 1.42. The molecule has 0 N–H and O–H groups in total. The molecule has 100 valence electrons. The zero-order chi connectivity index (χ0) is 14.6. The molecule has 0 unspecified atom stereocenters. The van der Waals surface area contributed by atoms with Crippen LogP contribution in [-0.2, 0) is 9.53 Å². The van der Waals surface area contributed by atoms with Crippen LogP contribution in [0.2, 0.25) is 0 Å². The summed E-state index contributed by atoms with van der Waals surface area (Å²) >= 11 is 0. The SMILES string of the molecule is CC(C)(C)OC(=O)C(=[N+]=[N-])C(=O)c1ncccc1F. The molecule has 0 saturated heterocycles. The van der Waals surface area contributed by atoms with Crippen LogP contribution in [0.5, 0.6) is 0 Å². The van der Waals surface area contributed by atoms with Gasteiger partial charge in [0, 0.05) is 6.20 Å². The highest BCUT2D eigenvalue weighted by atomic mass is 19.1. The highest BCUT2D eigenvalue weighted by Crippen LogP contribution is 2.09. The van der Waals surface area contributed by atoms with Crippen LogP contribution in [0.15, 0.2) is 18.3 Å². The van der Waals surface area contributed by atoms with Gasteiger partial charge < -0.3 is 10.3 Å². The number of nitrogens with zero attached hydrogens (tertiary/aromatic N) is 3. The molecule has 0 aliphatic rings. The summed E-state index contributed by atoms with van der Waals surface area (Å²) < 4.78 is 18.2. The summed E-state index contributed by atoms with van der Waals surface area (Å²) in [7, 11) is 0. The zero-order valence-corrected chi connectivity index (χ0v) is 10.7. The fourth-order valence-electron chi connectivity index (χ4n) is 1.17. The first-order chi connectivity index (χ1) is 8.76. The number of rotatable bonds is 3. The van der Waals surface area contributed by atoms with E-state index < -0.39 is 34.6 Å². The summed E-state index contributed by atoms with van der Waals surface area (Å²) in [6, 6.07) is 2.29. The van der Waals surface area contributed by atoms with Crippen molar-refractivity contribution in [1.82, 2.24) is 4.98 Å². The van der Waals surface area contributed by atoms with E-state index in [4.69, 9.17) is 10.3 Å². The van der Waals surface area contributed by atoms with E-state index in [9.17, 15) is 14.0 Å². The summed E-state index contributed by atoms with van der Waals surface area (Å²) in [5.41, 5.74) is 6.32. The molecule has 19 heavy (non-hydrogen) atoms. The Morgan fingerprint density at radius 3 is 2.53 bits per heavy atom. The highest BCUT2D eigenvalue weighted by Gasteiger charge is 2.37. The summed E-state index contributed by atoms with van der Waals surface area (Å²) in [6.45, 7) is 4.73. The molecule has 1 aromatic heterocycles. The maximum atomic E-state index is 13.4. The van der Waals surface area contributed by atoms with Crippen LogP contribution in [0.3, 0.4) is 0 Å². The lowest BCUT2D eigenvalue weighted by atomic mass is 10.1. The van der Waals surface area contributed by atoms with E-state index >= 15 is 0 Å². The molecule has 6 nitrogen and oxygen atoms in total. The number of halogens is 1. The first kappa shape index (κ1) is 14.7. The minimum absolute atomic E-state index is 0.610. The molecule has 0 atom stereocenters. The summed E-state index contributed by atoms with van der Waals surface area (Å²) in [5.74, 6) is -3.21. The van der Waals surface area contributed by atoms with Gasteiger partial charge in [-0.3, -0.25) is 4.79 Å². The van der Waals surface area contributed by atoms with Crippen LogP contribution in [0.25, 0.3) is 5.53 Å². The number of hydrogen-bond acceptors (Lipinski definition) is 4. The van der Waals surface area contributed by atoms with E-state index in [1.165, 1.54) is 12.3 Å². The van der Waals surface area contributed by atoms with Gasteiger partial charge in [-0.05, 0) is 32.9 Å². The minimum Gasteiger partial charge on any atom is -0.451 e. The van der Waals surface area contributed by atoms with Crippen LogP contribution in [0.4, 0.5) is 4.39 Å². The van der Waals surface area contributed by atoms with E-state index in [1.54, 1.807) is 20.8 Å². The number of ketones is 1. The number of aromatic nitrogens is 1. The number of carbonyl (C=O) groups is 2. The molecule has 0 aliphatic carbocycles. The number of pyridine rings is 1. The van der Waals surface area contributed by atoms with Crippen LogP contribution in [-0.4, -0.2) is 32.8 Å². The highest BCUT2D eigenvalue weighted by molar-refractivity contribution is 6.65. The topological polar surface area (TPSA) is 92.7 Å². The van der Waals surface area contributed by atoms with Gasteiger partial charge in [0.2, 0.25) is 0 Å². The minimum atomic E-state index is -1.15. The Labute approximate surface area is 108 Å². The molecular weight excluding hydrogens is 253 g/mol. The largest absolute Gasteiger partial charge is 0.451 e. The van der Waals surface area contributed by atoms with Gasteiger partial charge in [-0.25, -0.2) is 14.2 Å². The first-order valence-electron chi connectivity index (χ1n) is 5.37. The second kappa shape index (κ2) is 5.49. The standard InChI is InChI=1S/C12H12FN3O3/c1-12(2,3)19-11(18)9(16-14)10(17)8-7(13)5-4-6-15-8/h4-6H,1-3H3. The Hall–Kier alpha value is -2.40. The van der Waals surface area contributed by atoms with Gasteiger partial charge in [0.25, 0.3) is 0 Å². The van der Waals surface area contributed by atoms with Crippen molar-refractivity contribution in [2.75, 3.05) is 0 Å². The number of Topliss-reactive ketones (excluding diaryl/α,β-unsaturated/α-hetero) is 1.